The van der Waals surface area contributed by atoms with E-state index in [9.17, 15) is 4.79 Å². The van der Waals surface area contributed by atoms with Crippen LogP contribution in [0.1, 0.15) is 53.9 Å². The first-order valence-electron chi connectivity index (χ1n) is 7.01. The van der Waals surface area contributed by atoms with E-state index in [0.29, 0.717) is 12.0 Å². The maximum absolute atomic E-state index is 11.7. The predicted octanol–water partition coefficient (Wildman–Crippen LogP) is 2.68. The summed E-state index contributed by atoms with van der Waals surface area (Å²) in [7, 11) is 0. The molecule has 2 atom stereocenters. The third kappa shape index (κ3) is 5.71. The highest BCUT2D eigenvalue weighted by Gasteiger charge is 2.29. The Balaban J connectivity index is 2.38. The lowest BCUT2D eigenvalue weighted by Gasteiger charge is -2.25. The molecule has 0 aromatic heterocycles. The first kappa shape index (κ1) is 15.3. The molecule has 1 amide bonds. The maximum Gasteiger partial charge on any atom is 0.407 e. The smallest absolute Gasteiger partial charge is 0.407 e. The molecule has 0 aromatic carbocycles. The van der Waals surface area contributed by atoms with Gasteiger partial charge in [0.05, 0.1) is 0 Å². The monoisotopic (exact) mass is 256 g/mol. The number of rotatable bonds is 4. The first-order chi connectivity index (χ1) is 8.28. The van der Waals surface area contributed by atoms with Crippen molar-refractivity contribution in [3.63, 3.8) is 0 Å². The number of ether oxygens (including phenoxy) is 1. The van der Waals surface area contributed by atoms with Gasteiger partial charge >= 0.3 is 6.09 Å². The molecular formula is C14H28N2O2. The fourth-order valence-electron chi connectivity index (χ4n) is 2.22. The van der Waals surface area contributed by atoms with Crippen LogP contribution in [0.3, 0.4) is 0 Å². The van der Waals surface area contributed by atoms with E-state index >= 15 is 0 Å². The summed E-state index contributed by atoms with van der Waals surface area (Å²) in [5.74, 6) is 0.632. The molecule has 1 saturated carbocycles. The minimum absolute atomic E-state index is 0.207. The zero-order chi connectivity index (χ0) is 13.8. The summed E-state index contributed by atoms with van der Waals surface area (Å²) in [5, 5.41) is 6.51. The van der Waals surface area contributed by atoms with Crippen LogP contribution >= 0.6 is 0 Å². The van der Waals surface area contributed by atoms with Crippen molar-refractivity contribution in [1.29, 1.82) is 0 Å². The third-order valence-electron chi connectivity index (χ3n) is 3.01. The minimum atomic E-state index is -0.427. The van der Waals surface area contributed by atoms with Gasteiger partial charge in [0.15, 0.2) is 0 Å². The molecule has 1 aliphatic carbocycles. The van der Waals surface area contributed by atoms with Crippen molar-refractivity contribution in [3.8, 4) is 0 Å². The molecule has 0 bridgehead atoms. The molecule has 0 radical (unpaired) electrons. The van der Waals surface area contributed by atoms with E-state index in [4.69, 9.17) is 4.74 Å². The average Bonchev–Trinajstić information content (AvgIpc) is 2.59. The molecule has 106 valence electrons. The van der Waals surface area contributed by atoms with Crippen molar-refractivity contribution < 1.29 is 9.53 Å². The van der Waals surface area contributed by atoms with Crippen LogP contribution in [0, 0.1) is 5.92 Å². The Kier molecular flexibility index (Phi) is 5.45. The number of alkyl carbamates (subject to hydrolysis) is 1. The number of nitrogens with one attached hydrogen (secondary N) is 2. The lowest BCUT2D eigenvalue weighted by Crippen LogP contribution is -2.48. The summed E-state index contributed by atoms with van der Waals surface area (Å²) in [5.41, 5.74) is -0.427. The minimum Gasteiger partial charge on any atom is -0.444 e. The van der Waals surface area contributed by atoms with Crippen LogP contribution in [-0.4, -0.2) is 30.3 Å². The van der Waals surface area contributed by atoms with Crippen molar-refractivity contribution >= 4 is 6.09 Å². The lowest BCUT2D eigenvalue weighted by atomic mass is 10.1. The average molecular weight is 256 g/mol. The van der Waals surface area contributed by atoms with E-state index in [1.54, 1.807) is 0 Å². The summed E-state index contributed by atoms with van der Waals surface area (Å²) in [6, 6.07) is 0.596. The molecule has 2 N–H and O–H groups in total. The molecular weight excluding hydrogens is 228 g/mol. The highest BCUT2D eigenvalue weighted by molar-refractivity contribution is 5.68. The predicted molar refractivity (Wildman–Crippen MR) is 73.6 cm³/mol. The Morgan fingerprint density at radius 3 is 2.44 bits per heavy atom. The fraction of sp³-hybridized carbons (Fsp3) is 0.929. The van der Waals surface area contributed by atoms with E-state index in [-0.39, 0.29) is 12.1 Å². The van der Waals surface area contributed by atoms with E-state index in [1.807, 2.05) is 20.8 Å². The van der Waals surface area contributed by atoms with Gasteiger partial charge in [-0.05, 0) is 52.5 Å². The van der Waals surface area contributed by atoms with Crippen LogP contribution in [0.5, 0.6) is 0 Å². The van der Waals surface area contributed by atoms with Gasteiger partial charge in [-0.25, -0.2) is 4.79 Å². The second-order valence-corrected chi connectivity index (χ2v) is 6.59. The van der Waals surface area contributed by atoms with Gasteiger partial charge in [0, 0.05) is 12.1 Å². The van der Waals surface area contributed by atoms with Gasteiger partial charge in [-0.15, -0.1) is 0 Å². The molecule has 4 heteroatoms. The van der Waals surface area contributed by atoms with Crippen LogP contribution in [-0.2, 0) is 4.74 Å². The van der Waals surface area contributed by atoms with Crippen LogP contribution in [0.25, 0.3) is 0 Å². The van der Waals surface area contributed by atoms with Crippen molar-refractivity contribution in [3.05, 3.63) is 0 Å². The third-order valence-corrected chi connectivity index (χ3v) is 3.01. The summed E-state index contributed by atoms with van der Waals surface area (Å²) in [4.78, 5) is 11.7. The van der Waals surface area contributed by atoms with Gasteiger partial charge in [0.25, 0.3) is 0 Å². The Hall–Kier alpha value is -0.770. The van der Waals surface area contributed by atoms with Crippen LogP contribution in [0.4, 0.5) is 4.79 Å². The molecule has 1 rings (SSSR count). The fourth-order valence-corrected chi connectivity index (χ4v) is 2.22. The Bertz CT molecular complexity index is 271. The molecule has 0 saturated heterocycles. The summed E-state index contributed by atoms with van der Waals surface area (Å²) >= 11 is 0. The Morgan fingerprint density at radius 1 is 1.28 bits per heavy atom. The zero-order valence-corrected chi connectivity index (χ0v) is 12.4. The Labute approximate surface area is 111 Å². The molecule has 1 aliphatic rings. The number of amides is 1. The van der Waals surface area contributed by atoms with E-state index < -0.39 is 5.60 Å². The number of hydrogen-bond donors (Lipinski definition) is 2. The quantitative estimate of drug-likeness (QED) is 0.813. The van der Waals surface area contributed by atoms with Crippen LogP contribution < -0.4 is 10.6 Å². The molecule has 1 fully saturated rings. The van der Waals surface area contributed by atoms with Crippen LogP contribution in [0.2, 0.25) is 0 Å². The van der Waals surface area contributed by atoms with Gasteiger partial charge in [-0.2, -0.15) is 0 Å². The molecule has 0 heterocycles. The van der Waals surface area contributed by atoms with Crippen molar-refractivity contribution in [2.75, 3.05) is 6.54 Å². The second kappa shape index (κ2) is 6.41. The number of hydrogen-bond acceptors (Lipinski definition) is 3. The van der Waals surface area contributed by atoms with Crippen LogP contribution in [0.15, 0.2) is 0 Å². The van der Waals surface area contributed by atoms with Gasteiger partial charge < -0.3 is 15.4 Å². The van der Waals surface area contributed by atoms with Crippen molar-refractivity contribution in [2.24, 2.45) is 5.92 Å². The van der Waals surface area contributed by atoms with E-state index in [1.165, 1.54) is 0 Å². The van der Waals surface area contributed by atoms with Gasteiger partial charge in [-0.3, -0.25) is 0 Å². The lowest BCUT2D eigenvalue weighted by molar-refractivity contribution is 0.0498. The van der Waals surface area contributed by atoms with E-state index in [0.717, 1.165) is 25.8 Å². The normalized spacial score (nSPS) is 24.3. The summed E-state index contributed by atoms with van der Waals surface area (Å²) in [6.07, 6.45) is 3.03. The van der Waals surface area contributed by atoms with Crippen molar-refractivity contribution in [2.45, 2.75) is 71.6 Å². The highest BCUT2D eigenvalue weighted by Crippen LogP contribution is 2.20. The standard InChI is InChI=1S/C14H28N2O2/c1-10(2)9-15-11-7-6-8-12(11)16-13(17)18-14(3,4)5/h10-12,15H,6-9H2,1-5H3,(H,16,17). The SMILES string of the molecule is CC(C)CNC1CCCC1NC(=O)OC(C)(C)C. The molecule has 2 unspecified atom stereocenters. The summed E-state index contributed by atoms with van der Waals surface area (Å²) < 4.78 is 5.30. The van der Waals surface area contributed by atoms with Gasteiger partial charge in [0.2, 0.25) is 0 Å². The van der Waals surface area contributed by atoms with Crippen molar-refractivity contribution in [1.82, 2.24) is 10.6 Å². The molecule has 0 aliphatic heterocycles. The first-order valence-corrected chi connectivity index (χ1v) is 7.01. The second-order valence-electron chi connectivity index (χ2n) is 6.59. The highest BCUT2D eigenvalue weighted by atomic mass is 16.6. The number of carbonyl (C=O) groups is 1. The van der Waals surface area contributed by atoms with Gasteiger partial charge in [-0.1, -0.05) is 13.8 Å². The molecule has 0 spiro atoms. The van der Waals surface area contributed by atoms with Gasteiger partial charge in [0.1, 0.15) is 5.60 Å². The number of carbonyl (C=O) groups excluding carboxylic acids is 1. The zero-order valence-electron chi connectivity index (χ0n) is 12.4. The molecule has 0 aromatic rings. The Morgan fingerprint density at radius 2 is 1.89 bits per heavy atom. The molecule has 18 heavy (non-hydrogen) atoms. The molecule has 4 nitrogen and oxygen atoms in total. The summed E-state index contributed by atoms with van der Waals surface area (Å²) in [6.45, 7) is 11.0. The topological polar surface area (TPSA) is 50.4 Å². The van der Waals surface area contributed by atoms with E-state index in [2.05, 4.69) is 24.5 Å². The maximum atomic E-state index is 11.7. The largest absolute Gasteiger partial charge is 0.444 e.